The number of rotatable bonds is 10. The number of carbonyl (C=O) groups excluding carboxylic acids is 2. The van der Waals surface area contributed by atoms with E-state index in [1.807, 2.05) is 36.4 Å². The Morgan fingerprint density at radius 2 is 2.05 bits per heavy atom. The van der Waals surface area contributed by atoms with Crippen molar-refractivity contribution in [2.24, 2.45) is 0 Å². The van der Waals surface area contributed by atoms with Crippen molar-refractivity contribution >= 4 is 19.1 Å². The van der Waals surface area contributed by atoms with Crippen molar-refractivity contribution < 1.29 is 37.9 Å². The lowest BCUT2D eigenvalue weighted by molar-refractivity contribution is -0.137. The van der Waals surface area contributed by atoms with Gasteiger partial charge in [-0.1, -0.05) is 30.3 Å². The van der Waals surface area contributed by atoms with Gasteiger partial charge in [-0.05, 0) is 38.3 Å². The van der Waals surface area contributed by atoms with E-state index < -0.39 is 49.1 Å². The number of hydrogen-bond donors (Lipinski definition) is 3. The Labute approximate surface area is 227 Å². The minimum Gasteiger partial charge on any atom is -0.447 e. The lowest BCUT2D eigenvalue weighted by Gasteiger charge is -2.36. The summed E-state index contributed by atoms with van der Waals surface area (Å²) in [6.07, 6.45) is 0.966. The van der Waals surface area contributed by atoms with Gasteiger partial charge in [0, 0.05) is 25.0 Å². The first-order valence-corrected chi connectivity index (χ1v) is 12.9. The SMILES string of the molecule is CC(C)(C=C(C#N)C(=O)N1CCOC[C@@H]1COC(=O)N[C@@H](CCc1ccccc1)B(O)O)N1CCC(F)(F)C1. The van der Waals surface area contributed by atoms with Crippen LogP contribution in [0.15, 0.2) is 42.0 Å². The quantitative estimate of drug-likeness (QED) is 0.228. The Bertz CT molecular complexity index is 1070. The van der Waals surface area contributed by atoms with Gasteiger partial charge in [0.05, 0.1) is 31.7 Å². The van der Waals surface area contributed by atoms with Crippen LogP contribution in [0.4, 0.5) is 13.6 Å². The summed E-state index contributed by atoms with van der Waals surface area (Å²) in [6, 6.07) is 10.6. The number of alkyl halides is 2. The lowest BCUT2D eigenvalue weighted by atomic mass is 9.76. The number of nitriles is 1. The standard InChI is InChI=1S/C26H35BF2N4O6/c1-25(2,32-11-10-26(28,29)18-32)14-20(15-30)23(34)33-12-13-38-16-21(33)17-39-24(35)31-22(27(36)37)9-8-19-6-4-3-5-7-19/h3-7,14,21-22,36-37H,8-13,16-18H2,1-2H3,(H,31,35)/t21-,22+/m1/s1. The molecule has 2 fully saturated rings. The van der Waals surface area contributed by atoms with Crippen LogP contribution in [0.5, 0.6) is 0 Å². The molecule has 13 heteroatoms. The number of carbonyl (C=O) groups is 2. The number of hydrogen-bond acceptors (Lipinski definition) is 8. The smallest absolute Gasteiger partial charge is 0.447 e. The van der Waals surface area contributed by atoms with Gasteiger partial charge in [-0.2, -0.15) is 5.26 Å². The van der Waals surface area contributed by atoms with Gasteiger partial charge in [-0.3, -0.25) is 9.69 Å². The zero-order chi connectivity index (χ0) is 28.6. The lowest BCUT2D eigenvalue weighted by Crippen LogP contribution is -2.53. The first-order valence-electron chi connectivity index (χ1n) is 12.9. The maximum atomic E-state index is 13.7. The maximum absolute atomic E-state index is 13.7. The predicted molar refractivity (Wildman–Crippen MR) is 138 cm³/mol. The zero-order valence-corrected chi connectivity index (χ0v) is 22.2. The van der Waals surface area contributed by atoms with E-state index in [-0.39, 0.29) is 51.3 Å². The van der Waals surface area contributed by atoms with E-state index >= 15 is 0 Å². The Balaban J connectivity index is 1.60. The molecule has 0 aliphatic carbocycles. The summed E-state index contributed by atoms with van der Waals surface area (Å²) in [5.74, 6) is -4.41. The molecule has 1 aromatic carbocycles. The van der Waals surface area contributed by atoms with Crippen LogP contribution in [0.2, 0.25) is 0 Å². The number of aryl methyl sites for hydroxylation is 1. The Morgan fingerprint density at radius 3 is 2.67 bits per heavy atom. The molecule has 212 valence electrons. The van der Waals surface area contributed by atoms with Gasteiger partial charge in [0.2, 0.25) is 0 Å². The number of halogens is 2. The van der Waals surface area contributed by atoms with Crippen LogP contribution >= 0.6 is 0 Å². The van der Waals surface area contributed by atoms with Crippen molar-refractivity contribution in [3.05, 3.63) is 47.5 Å². The normalized spacial score (nSPS) is 20.7. The first kappa shape index (κ1) is 30.5. The second-order valence-corrected chi connectivity index (χ2v) is 10.4. The summed E-state index contributed by atoms with van der Waals surface area (Å²) < 4.78 is 38.2. The highest BCUT2D eigenvalue weighted by molar-refractivity contribution is 6.43. The summed E-state index contributed by atoms with van der Waals surface area (Å²) in [4.78, 5) is 28.6. The van der Waals surface area contributed by atoms with Gasteiger partial charge in [-0.15, -0.1) is 0 Å². The van der Waals surface area contributed by atoms with Crippen molar-refractivity contribution in [2.75, 3.05) is 39.5 Å². The number of ether oxygens (including phenoxy) is 2. The third-order valence-corrected chi connectivity index (χ3v) is 6.98. The molecule has 0 spiro atoms. The van der Waals surface area contributed by atoms with Crippen LogP contribution in [-0.2, 0) is 20.7 Å². The molecule has 10 nitrogen and oxygen atoms in total. The van der Waals surface area contributed by atoms with E-state index in [4.69, 9.17) is 9.47 Å². The third kappa shape index (κ3) is 8.73. The molecule has 1 aromatic rings. The summed E-state index contributed by atoms with van der Waals surface area (Å²) >= 11 is 0. The Kier molecular flexibility index (Phi) is 10.4. The molecule has 2 saturated heterocycles. The van der Waals surface area contributed by atoms with Gasteiger partial charge in [0.25, 0.3) is 11.8 Å². The van der Waals surface area contributed by atoms with E-state index in [1.54, 1.807) is 13.8 Å². The minimum atomic E-state index is -2.82. The summed E-state index contributed by atoms with van der Waals surface area (Å²) in [6.45, 7) is 3.19. The van der Waals surface area contributed by atoms with Crippen LogP contribution in [0.3, 0.4) is 0 Å². The van der Waals surface area contributed by atoms with Gasteiger partial charge in [0.1, 0.15) is 18.2 Å². The topological polar surface area (TPSA) is 135 Å². The van der Waals surface area contributed by atoms with E-state index in [0.717, 1.165) is 5.56 Å². The fraction of sp³-hybridized carbons (Fsp3) is 0.577. The van der Waals surface area contributed by atoms with Gasteiger partial charge >= 0.3 is 13.2 Å². The molecule has 0 aromatic heterocycles. The number of alkyl carbamates (subject to hydrolysis) is 1. The molecule has 2 aliphatic rings. The van der Waals surface area contributed by atoms with E-state index in [2.05, 4.69) is 5.32 Å². The van der Waals surface area contributed by atoms with Crippen LogP contribution in [-0.4, -0.2) is 102 Å². The number of likely N-dealkylation sites (tertiary alicyclic amines) is 1. The molecule has 39 heavy (non-hydrogen) atoms. The Morgan fingerprint density at radius 1 is 1.33 bits per heavy atom. The molecule has 2 atom stereocenters. The van der Waals surface area contributed by atoms with Crippen molar-refractivity contribution in [1.29, 1.82) is 5.26 Å². The van der Waals surface area contributed by atoms with Crippen molar-refractivity contribution in [3.8, 4) is 6.07 Å². The molecule has 2 amide bonds. The molecule has 3 N–H and O–H groups in total. The largest absolute Gasteiger partial charge is 0.475 e. The van der Waals surface area contributed by atoms with Crippen LogP contribution in [0.1, 0.15) is 32.3 Å². The summed E-state index contributed by atoms with van der Waals surface area (Å²) in [5, 5.41) is 31.5. The number of amides is 2. The molecular weight excluding hydrogens is 513 g/mol. The summed E-state index contributed by atoms with van der Waals surface area (Å²) in [5.41, 5.74) is -0.190. The number of nitrogens with one attached hydrogen (secondary N) is 1. The molecular formula is C26H35BF2N4O6. The van der Waals surface area contributed by atoms with Crippen molar-refractivity contribution in [1.82, 2.24) is 15.1 Å². The summed E-state index contributed by atoms with van der Waals surface area (Å²) in [7, 11) is -1.81. The van der Waals surface area contributed by atoms with Crippen LogP contribution in [0.25, 0.3) is 0 Å². The third-order valence-electron chi connectivity index (χ3n) is 6.98. The van der Waals surface area contributed by atoms with Crippen LogP contribution < -0.4 is 5.32 Å². The molecule has 0 saturated carbocycles. The predicted octanol–water partition coefficient (Wildman–Crippen LogP) is 1.52. The second-order valence-electron chi connectivity index (χ2n) is 10.4. The van der Waals surface area contributed by atoms with E-state index in [9.17, 15) is 33.7 Å². The molecule has 0 unspecified atom stereocenters. The maximum Gasteiger partial charge on any atom is 0.475 e. The molecule has 0 bridgehead atoms. The fourth-order valence-electron chi connectivity index (χ4n) is 4.66. The average Bonchev–Trinajstić information content (AvgIpc) is 3.29. The van der Waals surface area contributed by atoms with Crippen molar-refractivity contribution in [3.63, 3.8) is 0 Å². The highest BCUT2D eigenvalue weighted by Crippen LogP contribution is 2.33. The second kappa shape index (κ2) is 13.3. The van der Waals surface area contributed by atoms with E-state index in [1.165, 1.54) is 15.9 Å². The number of nitrogens with zero attached hydrogens (tertiary/aromatic N) is 3. The highest BCUT2D eigenvalue weighted by atomic mass is 19.3. The van der Waals surface area contributed by atoms with Gasteiger partial charge < -0.3 is 29.7 Å². The highest BCUT2D eigenvalue weighted by Gasteiger charge is 2.43. The minimum absolute atomic E-state index is 0.0551. The van der Waals surface area contributed by atoms with Crippen molar-refractivity contribution in [2.45, 2.75) is 56.6 Å². The first-order chi connectivity index (χ1) is 18.4. The average molecular weight is 548 g/mol. The molecule has 2 heterocycles. The van der Waals surface area contributed by atoms with Gasteiger partial charge in [0.15, 0.2) is 0 Å². The molecule has 3 rings (SSSR count). The molecule has 0 radical (unpaired) electrons. The molecule has 2 aliphatic heterocycles. The monoisotopic (exact) mass is 548 g/mol. The fourth-order valence-corrected chi connectivity index (χ4v) is 4.66. The van der Waals surface area contributed by atoms with E-state index in [0.29, 0.717) is 6.42 Å². The number of benzene rings is 1. The van der Waals surface area contributed by atoms with Crippen LogP contribution in [0, 0.1) is 11.3 Å². The number of morpholine rings is 1. The van der Waals surface area contributed by atoms with Gasteiger partial charge in [-0.25, -0.2) is 13.6 Å². The Hall–Kier alpha value is -3.05. The zero-order valence-electron chi connectivity index (χ0n) is 22.2.